The SMILES string of the molecule is CCOc1ccccc1N(Cc1ccccc1)CC(NS(=O)(=O)c1c(C)cc(C)cc1C)C(F)(F)F. The highest BCUT2D eigenvalue weighted by molar-refractivity contribution is 7.89. The van der Waals surface area contributed by atoms with Gasteiger partial charge in [0.25, 0.3) is 0 Å². The van der Waals surface area contributed by atoms with Crippen LogP contribution in [-0.2, 0) is 16.6 Å². The van der Waals surface area contributed by atoms with Gasteiger partial charge in [0.15, 0.2) is 0 Å². The number of rotatable bonds is 10. The Morgan fingerprint density at radius 1 is 0.944 bits per heavy atom. The van der Waals surface area contributed by atoms with Gasteiger partial charge < -0.3 is 9.64 Å². The van der Waals surface area contributed by atoms with E-state index in [0.717, 1.165) is 11.1 Å². The summed E-state index contributed by atoms with van der Waals surface area (Å²) in [4.78, 5) is 1.36. The van der Waals surface area contributed by atoms with Gasteiger partial charge in [0.2, 0.25) is 10.0 Å². The fraction of sp³-hybridized carbons (Fsp3) is 0.333. The lowest BCUT2D eigenvalue weighted by molar-refractivity contribution is -0.149. The van der Waals surface area contributed by atoms with Crippen LogP contribution in [0.5, 0.6) is 5.75 Å². The van der Waals surface area contributed by atoms with Crippen LogP contribution in [0.1, 0.15) is 29.2 Å². The van der Waals surface area contributed by atoms with Crippen molar-refractivity contribution >= 4 is 15.7 Å². The lowest BCUT2D eigenvalue weighted by Gasteiger charge is -2.32. The monoisotopic (exact) mass is 520 g/mol. The van der Waals surface area contributed by atoms with Gasteiger partial charge in [-0.1, -0.05) is 60.2 Å². The maximum Gasteiger partial charge on any atom is 0.406 e. The number of alkyl halides is 3. The number of nitrogens with one attached hydrogen (secondary N) is 1. The maximum absolute atomic E-state index is 14.3. The summed E-state index contributed by atoms with van der Waals surface area (Å²) < 4.78 is 77.0. The van der Waals surface area contributed by atoms with E-state index in [2.05, 4.69) is 0 Å². The number of nitrogens with zero attached hydrogens (tertiary/aromatic N) is 1. The molecule has 3 aromatic rings. The van der Waals surface area contributed by atoms with Crippen molar-refractivity contribution in [3.63, 3.8) is 0 Å². The van der Waals surface area contributed by atoms with Crippen LogP contribution in [0.2, 0.25) is 0 Å². The van der Waals surface area contributed by atoms with Crippen molar-refractivity contribution in [1.82, 2.24) is 4.72 Å². The fourth-order valence-electron chi connectivity index (χ4n) is 4.31. The van der Waals surface area contributed by atoms with Crippen molar-refractivity contribution in [1.29, 1.82) is 0 Å². The molecule has 3 aromatic carbocycles. The molecule has 0 amide bonds. The first-order chi connectivity index (χ1) is 16.9. The first kappa shape index (κ1) is 27.5. The highest BCUT2D eigenvalue weighted by Gasteiger charge is 2.44. The third-order valence-electron chi connectivity index (χ3n) is 5.69. The van der Waals surface area contributed by atoms with Crippen LogP contribution in [0.25, 0.3) is 0 Å². The van der Waals surface area contributed by atoms with Gasteiger partial charge in [-0.15, -0.1) is 0 Å². The van der Waals surface area contributed by atoms with E-state index in [1.807, 2.05) is 22.9 Å². The normalized spacial score (nSPS) is 12.9. The van der Waals surface area contributed by atoms with Crippen LogP contribution >= 0.6 is 0 Å². The summed E-state index contributed by atoms with van der Waals surface area (Å²) in [7, 11) is -4.47. The second-order valence-corrected chi connectivity index (χ2v) is 10.4. The van der Waals surface area contributed by atoms with E-state index in [1.165, 1.54) is 4.90 Å². The number of aryl methyl sites for hydroxylation is 3. The molecule has 0 saturated carbocycles. The summed E-state index contributed by atoms with van der Waals surface area (Å²) in [5.41, 5.74) is 2.84. The molecule has 1 atom stereocenters. The molecule has 0 radical (unpaired) electrons. The van der Waals surface area contributed by atoms with Gasteiger partial charge in [-0.05, 0) is 56.5 Å². The molecule has 1 N–H and O–H groups in total. The first-order valence-corrected chi connectivity index (χ1v) is 13.1. The highest BCUT2D eigenvalue weighted by atomic mass is 32.2. The lowest BCUT2D eigenvalue weighted by atomic mass is 10.1. The molecule has 3 rings (SSSR count). The van der Waals surface area contributed by atoms with Gasteiger partial charge in [-0.2, -0.15) is 17.9 Å². The molecule has 36 heavy (non-hydrogen) atoms. The number of hydrogen-bond donors (Lipinski definition) is 1. The molecule has 0 aliphatic heterocycles. The Hall–Kier alpha value is -3.04. The Bertz CT molecular complexity index is 1260. The Kier molecular flexibility index (Phi) is 8.68. The number of para-hydroxylation sites is 2. The lowest BCUT2D eigenvalue weighted by Crippen LogP contribution is -2.52. The number of hydrogen-bond acceptors (Lipinski definition) is 4. The minimum absolute atomic E-state index is 0.127. The van der Waals surface area contributed by atoms with Gasteiger partial charge in [0.05, 0.1) is 17.2 Å². The van der Waals surface area contributed by atoms with Crippen molar-refractivity contribution < 1.29 is 26.3 Å². The summed E-state index contributed by atoms with van der Waals surface area (Å²) in [5.74, 6) is 0.421. The molecular formula is C27H31F3N2O3S. The highest BCUT2D eigenvalue weighted by Crippen LogP contribution is 2.32. The van der Waals surface area contributed by atoms with Crippen LogP contribution in [0, 0.1) is 20.8 Å². The standard InChI is InChI=1S/C27H31F3N2O3S/c1-5-35-24-14-10-9-13-23(24)32(17-22-11-7-6-8-12-22)18-25(27(28,29)30)31-36(33,34)26-20(3)15-19(2)16-21(26)4/h6-16,25,31H,5,17-18H2,1-4H3. The van der Waals surface area contributed by atoms with Crippen molar-refractivity contribution in [3.05, 3.63) is 89.0 Å². The summed E-state index contributed by atoms with van der Waals surface area (Å²) in [6.45, 7) is 6.57. The van der Waals surface area contributed by atoms with E-state index in [0.29, 0.717) is 29.2 Å². The predicted octanol–water partition coefficient (Wildman–Crippen LogP) is 5.93. The average molecular weight is 521 g/mol. The van der Waals surface area contributed by atoms with Crippen LogP contribution in [-0.4, -0.2) is 33.8 Å². The summed E-state index contributed by atoms with van der Waals surface area (Å²) in [6, 6.07) is 16.8. The van der Waals surface area contributed by atoms with Crippen molar-refractivity contribution in [2.75, 3.05) is 18.1 Å². The molecule has 0 aliphatic carbocycles. The largest absolute Gasteiger partial charge is 0.492 e. The minimum atomic E-state index is -4.84. The zero-order valence-corrected chi connectivity index (χ0v) is 21.6. The molecule has 0 aromatic heterocycles. The van der Waals surface area contributed by atoms with Crippen molar-refractivity contribution in [3.8, 4) is 5.75 Å². The summed E-state index contributed by atoms with van der Waals surface area (Å²) >= 11 is 0. The molecule has 194 valence electrons. The Balaban J connectivity index is 2.02. The number of sulfonamides is 1. The summed E-state index contributed by atoms with van der Waals surface area (Å²) in [6.07, 6.45) is -4.84. The zero-order valence-electron chi connectivity index (χ0n) is 20.8. The molecule has 5 nitrogen and oxygen atoms in total. The topological polar surface area (TPSA) is 58.6 Å². The fourth-order valence-corrected chi connectivity index (χ4v) is 5.98. The Labute approximate surface area is 211 Å². The van der Waals surface area contributed by atoms with Gasteiger partial charge in [-0.25, -0.2) is 8.42 Å². The van der Waals surface area contributed by atoms with Crippen LogP contribution in [0.15, 0.2) is 71.6 Å². The number of halogens is 3. The Morgan fingerprint density at radius 2 is 1.53 bits per heavy atom. The zero-order chi connectivity index (χ0) is 26.5. The second-order valence-electron chi connectivity index (χ2n) is 8.71. The van der Waals surface area contributed by atoms with Crippen LogP contribution < -0.4 is 14.4 Å². The average Bonchev–Trinajstić information content (AvgIpc) is 2.78. The Morgan fingerprint density at radius 3 is 2.11 bits per heavy atom. The van der Waals surface area contributed by atoms with E-state index < -0.39 is 28.8 Å². The molecule has 0 fully saturated rings. The molecule has 1 unspecified atom stereocenters. The molecule has 0 heterocycles. The second kappa shape index (κ2) is 11.3. The third-order valence-corrected chi connectivity index (χ3v) is 7.47. The van der Waals surface area contributed by atoms with E-state index in [4.69, 9.17) is 4.74 Å². The number of anilines is 1. The van der Waals surface area contributed by atoms with Gasteiger partial charge in [0.1, 0.15) is 11.8 Å². The van der Waals surface area contributed by atoms with Crippen molar-refractivity contribution in [2.24, 2.45) is 0 Å². The van der Waals surface area contributed by atoms with Crippen LogP contribution in [0.3, 0.4) is 0 Å². The van der Waals surface area contributed by atoms with Crippen molar-refractivity contribution in [2.45, 2.75) is 51.4 Å². The predicted molar refractivity (Wildman–Crippen MR) is 136 cm³/mol. The molecule has 0 aliphatic rings. The smallest absolute Gasteiger partial charge is 0.406 e. The number of ether oxygens (including phenoxy) is 1. The minimum Gasteiger partial charge on any atom is -0.492 e. The molecule has 0 saturated heterocycles. The van der Waals surface area contributed by atoms with E-state index >= 15 is 0 Å². The summed E-state index contributed by atoms with van der Waals surface area (Å²) in [5, 5.41) is 0. The quantitative estimate of drug-likeness (QED) is 0.360. The first-order valence-electron chi connectivity index (χ1n) is 11.6. The molecule has 0 bridgehead atoms. The van der Waals surface area contributed by atoms with Gasteiger partial charge in [-0.3, -0.25) is 0 Å². The number of benzene rings is 3. The van der Waals surface area contributed by atoms with E-state index in [1.54, 1.807) is 76.2 Å². The van der Waals surface area contributed by atoms with E-state index in [9.17, 15) is 21.6 Å². The van der Waals surface area contributed by atoms with Gasteiger partial charge in [0, 0.05) is 13.1 Å². The molecule has 0 spiro atoms. The van der Waals surface area contributed by atoms with Crippen LogP contribution in [0.4, 0.5) is 18.9 Å². The molecule has 9 heteroatoms. The van der Waals surface area contributed by atoms with Gasteiger partial charge >= 0.3 is 6.18 Å². The third kappa shape index (κ3) is 6.79. The van der Waals surface area contributed by atoms with E-state index in [-0.39, 0.29) is 11.4 Å². The molecular weight excluding hydrogens is 489 g/mol. The maximum atomic E-state index is 14.3.